The Hall–Kier alpha value is -2.11. The van der Waals surface area contributed by atoms with Gasteiger partial charge in [0.05, 0.1) is 11.5 Å². The summed E-state index contributed by atoms with van der Waals surface area (Å²) in [5.74, 6) is 0.0574. The molecule has 0 fully saturated rings. The van der Waals surface area contributed by atoms with Crippen LogP contribution in [0.5, 0.6) is 5.75 Å². The molecule has 1 aromatic carbocycles. The first-order valence-electron chi connectivity index (χ1n) is 9.66. The van der Waals surface area contributed by atoms with Gasteiger partial charge in [-0.05, 0) is 31.9 Å². The highest BCUT2D eigenvalue weighted by Gasteiger charge is 2.21. The van der Waals surface area contributed by atoms with Crippen LogP contribution in [0, 0.1) is 10.1 Å². The zero-order chi connectivity index (χ0) is 19.2. The summed E-state index contributed by atoms with van der Waals surface area (Å²) in [7, 11) is 0. The maximum atomic E-state index is 12.1. The van der Waals surface area contributed by atoms with Crippen molar-refractivity contribution >= 4 is 11.7 Å². The van der Waals surface area contributed by atoms with Gasteiger partial charge in [-0.2, -0.15) is 0 Å². The molecule has 6 heteroatoms. The maximum absolute atomic E-state index is 12.1. The Kier molecular flexibility index (Phi) is 11.1. The predicted molar refractivity (Wildman–Crippen MR) is 101 cm³/mol. The molecule has 26 heavy (non-hydrogen) atoms. The van der Waals surface area contributed by atoms with Crippen molar-refractivity contribution in [3.05, 3.63) is 34.4 Å². The summed E-state index contributed by atoms with van der Waals surface area (Å²) in [6.45, 7) is 4.27. The van der Waals surface area contributed by atoms with Crippen molar-refractivity contribution in [3.8, 4) is 5.75 Å². The Labute approximate surface area is 156 Å². The first kappa shape index (κ1) is 21.9. The quantitative estimate of drug-likeness (QED) is 0.190. The normalized spacial score (nSPS) is 11.8. The molecule has 1 unspecified atom stereocenters. The van der Waals surface area contributed by atoms with Crippen molar-refractivity contribution in [2.24, 2.45) is 0 Å². The lowest BCUT2D eigenvalue weighted by atomic mass is 10.1. The molecule has 0 aliphatic carbocycles. The third-order valence-corrected chi connectivity index (χ3v) is 4.20. The van der Waals surface area contributed by atoms with Crippen LogP contribution in [0.25, 0.3) is 0 Å². The van der Waals surface area contributed by atoms with E-state index in [-0.39, 0.29) is 11.7 Å². The van der Waals surface area contributed by atoms with Gasteiger partial charge in [-0.1, -0.05) is 51.9 Å². The molecule has 0 bridgehead atoms. The summed E-state index contributed by atoms with van der Waals surface area (Å²) in [6, 6.07) is 5.76. The van der Waals surface area contributed by atoms with Crippen molar-refractivity contribution < 1.29 is 19.2 Å². The average Bonchev–Trinajstić information content (AvgIpc) is 2.63. The fraction of sp³-hybridized carbons (Fsp3) is 0.650. The van der Waals surface area contributed by atoms with E-state index in [4.69, 9.17) is 9.47 Å². The summed E-state index contributed by atoms with van der Waals surface area (Å²) in [4.78, 5) is 22.3. The fourth-order valence-corrected chi connectivity index (χ4v) is 2.73. The summed E-state index contributed by atoms with van der Waals surface area (Å²) in [5.41, 5.74) is -0.00638. The smallest absolute Gasteiger partial charge is 0.347 e. The number of rotatable bonds is 14. The third-order valence-electron chi connectivity index (χ3n) is 4.20. The molecular formula is C20H31NO5. The molecule has 1 atom stereocenters. The van der Waals surface area contributed by atoms with Crippen LogP contribution in [0.4, 0.5) is 5.69 Å². The van der Waals surface area contributed by atoms with Gasteiger partial charge in [-0.25, -0.2) is 4.79 Å². The molecule has 0 aliphatic rings. The van der Waals surface area contributed by atoms with Crippen LogP contribution in [0.2, 0.25) is 0 Å². The molecule has 0 spiro atoms. The van der Waals surface area contributed by atoms with Crippen LogP contribution >= 0.6 is 0 Å². The summed E-state index contributed by atoms with van der Waals surface area (Å²) in [6.07, 6.45) is 9.39. The minimum Gasteiger partial charge on any atom is -0.479 e. The summed E-state index contributed by atoms with van der Waals surface area (Å²) < 4.78 is 10.8. The number of unbranched alkanes of at least 4 members (excludes halogenated alkanes) is 7. The Balaban J connectivity index is 2.44. The molecule has 6 nitrogen and oxygen atoms in total. The monoisotopic (exact) mass is 365 g/mol. The van der Waals surface area contributed by atoms with E-state index in [2.05, 4.69) is 6.92 Å². The highest BCUT2D eigenvalue weighted by atomic mass is 16.6. The Bertz CT molecular complexity index is 530. The van der Waals surface area contributed by atoms with Gasteiger partial charge in [0.15, 0.2) is 6.10 Å². The van der Waals surface area contributed by atoms with E-state index in [1.165, 1.54) is 56.4 Å². The number of non-ortho nitro benzene ring substituents is 1. The lowest BCUT2D eigenvalue weighted by molar-refractivity contribution is -0.384. The summed E-state index contributed by atoms with van der Waals surface area (Å²) >= 11 is 0. The fourth-order valence-electron chi connectivity index (χ4n) is 2.73. The van der Waals surface area contributed by atoms with Crippen LogP contribution in [-0.2, 0) is 9.53 Å². The number of nitro benzene ring substituents is 1. The van der Waals surface area contributed by atoms with Crippen molar-refractivity contribution in [3.63, 3.8) is 0 Å². The Morgan fingerprint density at radius 2 is 1.58 bits per heavy atom. The van der Waals surface area contributed by atoms with E-state index in [0.717, 1.165) is 19.3 Å². The van der Waals surface area contributed by atoms with E-state index in [0.29, 0.717) is 18.8 Å². The third kappa shape index (κ3) is 8.83. The van der Waals surface area contributed by atoms with Gasteiger partial charge in [0, 0.05) is 12.1 Å². The van der Waals surface area contributed by atoms with Crippen LogP contribution in [0.15, 0.2) is 24.3 Å². The average molecular weight is 365 g/mol. The number of hydrogen-bond donors (Lipinski definition) is 0. The highest BCUT2D eigenvalue weighted by molar-refractivity contribution is 5.75. The van der Waals surface area contributed by atoms with E-state index < -0.39 is 11.0 Å². The van der Waals surface area contributed by atoms with Gasteiger partial charge in [0.2, 0.25) is 0 Å². The van der Waals surface area contributed by atoms with Crippen molar-refractivity contribution in [1.82, 2.24) is 0 Å². The van der Waals surface area contributed by atoms with Crippen LogP contribution < -0.4 is 4.74 Å². The minimum atomic E-state index is -0.670. The zero-order valence-corrected chi connectivity index (χ0v) is 15.9. The molecule has 0 saturated heterocycles. The Morgan fingerprint density at radius 1 is 1.00 bits per heavy atom. The zero-order valence-electron chi connectivity index (χ0n) is 15.9. The lowest BCUT2D eigenvalue weighted by Crippen LogP contribution is -2.29. The number of nitro groups is 1. The number of ether oxygens (including phenoxy) is 2. The van der Waals surface area contributed by atoms with E-state index in [1.54, 1.807) is 6.92 Å². The van der Waals surface area contributed by atoms with Gasteiger partial charge in [0.25, 0.3) is 5.69 Å². The molecule has 1 rings (SSSR count). The molecular weight excluding hydrogens is 334 g/mol. The van der Waals surface area contributed by atoms with E-state index in [9.17, 15) is 14.9 Å². The topological polar surface area (TPSA) is 78.7 Å². The van der Waals surface area contributed by atoms with E-state index >= 15 is 0 Å². The second kappa shape index (κ2) is 13.1. The van der Waals surface area contributed by atoms with Crippen molar-refractivity contribution in [1.29, 1.82) is 0 Å². The first-order chi connectivity index (χ1) is 12.6. The maximum Gasteiger partial charge on any atom is 0.347 e. The SMILES string of the molecule is CCCCCCCCCCC(Oc1ccc([N+](=O)[O-])cc1)C(=O)OCC. The number of hydrogen-bond acceptors (Lipinski definition) is 5. The molecule has 0 amide bonds. The first-order valence-corrected chi connectivity index (χ1v) is 9.66. The van der Waals surface area contributed by atoms with E-state index in [1.807, 2.05) is 0 Å². The molecule has 0 aromatic heterocycles. The molecule has 146 valence electrons. The lowest BCUT2D eigenvalue weighted by Gasteiger charge is -2.17. The van der Waals surface area contributed by atoms with Gasteiger partial charge in [-0.15, -0.1) is 0 Å². The minimum absolute atomic E-state index is 0.00638. The number of benzene rings is 1. The standard InChI is InChI=1S/C20H31NO5/c1-3-5-6-7-8-9-10-11-12-19(20(22)25-4-2)26-18-15-13-17(14-16-18)21(23)24/h13-16,19H,3-12H2,1-2H3. The van der Waals surface area contributed by atoms with Crippen LogP contribution in [0.3, 0.4) is 0 Å². The Morgan fingerprint density at radius 3 is 2.12 bits per heavy atom. The van der Waals surface area contributed by atoms with Crippen LogP contribution in [0.1, 0.15) is 71.6 Å². The number of carbonyl (C=O) groups excluding carboxylic acids is 1. The summed E-state index contributed by atoms with van der Waals surface area (Å²) in [5, 5.41) is 10.7. The van der Waals surface area contributed by atoms with Crippen molar-refractivity contribution in [2.75, 3.05) is 6.61 Å². The van der Waals surface area contributed by atoms with Gasteiger partial charge in [0.1, 0.15) is 5.75 Å². The van der Waals surface area contributed by atoms with Gasteiger partial charge >= 0.3 is 5.97 Å². The van der Waals surface area contributed by atoms with Gasteiger partial charge < -0.3 is 9.47 Å². The predicted octanol–water partition coefficient (Wildman–Crippen LogP) is 5.44. The number of carbonyl (C=O) groups is 1. The van der Waals surface area contributed by atoms with Gasteiger partial charge in [-0.3, -0.25) is 10.1 Å². The second-order valence-corrected chi connectivity index (χ2v) is 6.37. The van der Waals surface area contributed by atoms with Crippen molar-refractivity contribution in [2.45, 2.75) is 77.7 Å². The molecule has 0 heterocycles. The number of esters is 1. The molecule has 0 radical (unpaired) electrons. The molecule has 0 N–H and O–H groups in total. The second-order valence-electron chi connectivity index (χ2n) is 6.37. The largest absolute Gasteiger partial charge is 0.479 e. The molecule has 0 saturated carbocycles. The molecule has 0 aliphatic heterocycles. The number of nitrogens with zero attached hydrogens (tertiary/aromatic N) is 1. The van der Waals surface area contributed by atoms with Crippen LogP contribution in [-0.4, -0.2) is 23.6 Å². The molecule has 1 aromatic rings. The highest BCUT2D eigenvalue weighted by Crippen LogP contribution is 2.21.